The maximum Gasteiger partial charge on any atom is 0.264 e. The number of rotatable bonds is 7. The molecular weight excluding hydrogens is 434 g/mol. The molecule has 1 fully saturated rings. The van der Waals surface area contributed by atoms with Crippen LogP contribution in [0.25, 0.3) is 0 Å². The van der Waals surface area contributed by atoms with E-state index in [1.807, 2.05) is 24.3 Å². The third-order valence-electron chi connectivity index (χ3n) is 5.02. The molecule has 2 aromatic carbocycles. The van der Waals surface area contributed by atoms with Gasteiger partial charge in [0.15, 0.2) is 11.7 Å². The molecule has 2 N–H and O–H groups in total. The Morgan fingerprint density at radius 1 is 1.03 bits per heavy atom. The normalized spacial score (nSPS) is 14.6. The van der Waals surface area contributed by atoms with Crippen LogP contribution in [0.2, 0.25) is 0 Å². The predicted molar refractivity (Wildman–Crippen MR) is 125 cm³/mol. The van der Waals surface area contributed by atoms with Gasteiger partial charge in [-0.15, -0.1) is 0 Å². The predicted octanol–water partition coefficient (Wildman–Crippen LogP) is 3.32. The first kappa shape index (κ1) is 23.2. The highest BCUT2D eigenvalue weighted by Gasteiger charge is 2.25. The SMILES string of the molecule is CCc1ccc(OCC(=O)NC(=S)Nc2ccc(S(=O)(=O)N3CCCCC3)cc2)cc1. The van der Waals surface area contributed by atoms with Gasteiger partial charge in [0.05, 0.1) is 4.90 Å². The molecule has 0 atom stereocenters. The summed E-state index contributed by atoms with van der Waals surface area (Å²) in [6.45, 7) is 3.02. The van der Waals surface area contributed by atoms with Gasteiger partial charge in [-0.25, -0.2) is 8.42 Å². The zero-order chi connectivity index (χ0) is 22.3. The number of sulfonamides is 1. The number of hydrogen-bond acceptors (Lipinski definition) is 5. The zero-order valence-electron chi connectivity index (χ0n) is 17.5. The third-order valence-corrected chi connectivity index (χ3v) is 7.14. The molecule has 0 aliphatic carbocycles. The number of aryl methyl sites for hydroxylation is 1. The van der Waals surface area contributed by atoms with Gasteiger partial charge in [0.2, 0.25) is 10.0 Å². The lowest BCUT2D eigenvalue weighted by Crippen LogP contribution is -2.37. The quantitative estimate of drug-likeness (QED) is 0.615. The number of thiocarbonyl (C=S) groups is 1. The van der Waals surface area contributed by atoms with E-state index >= 15 is 0 Å². The second-order valence-electron chi connectivity index (χ2n) is 7.28. The van der Waals surface area contributed by atoms with Crippen LogP contribution in [-0.4, -0.2) is 43.4 Å². The van der Waals surface area contributed by atoms with Crippen LogP contribution in [-0.2, 0) is 21.2 Å². The minimum atomic E-state index is -3.48. The van der Waals surface area contributed by atoms with Crippen molar-refractivity contribution in [2.75, 3.05) is 25.0 Å². The Hall–Kier alpha value is -2.49. The summed E-state index contributed by atoms with van der Waals surface area (Å²) in [6.07, 6.45) is 3.78. The fourth-order valence-electron chi connectivity index (χ4n) is 3.26. The Morgan fingerprint density at radius 3 is 2.29 bits per heavy atom. The van der Waals surface area contributed by atoms with Crippen LogP contribution in [0.1, 0.15) is 31.7 Å². The van der Waals surface area contributed by atoms with Crippen molar-refractivity contribution in [2.45, 2.75) is 37.5 Å². The number of piperidine rings is 1. The maximum absolute atomic E-state index is 12.7. The molecule has 9 heteroatoms. The highest BCUT2D eigenvalue weighted by molar-refractivity contribution is 7.89. The fourth-order valence-corrected chi connectivity index (χ4v) is 5.01. The summed E-state index contributed by atoms with van der Waals surface area (Å²) in [5.74, 6) is 0.220. The Labute approximate surface area is 188 Å². The first-order valence-electron chi connectivity index (χ1n) is 10.3. The summed E-state index contributed by atoms with van der Waals surface area (Å²) < 4.78 is 32.4. The fraction of sp³-hybridized carbons (Fsp3) is 0.364. The van der Waals surface area contributed by atoms with Crippen LogP contribution in [0.4, 0.5) is 5.69 Å². The van der Waals surface area contributed by atoms with Crippen LogP contribution in [0.3, 0.4) is 0 Å². The Kier molecular flexibility index (Phi) is 8.00. The summed E-state index contributed by atoms with van der Waals surface area (Å²) in [6, 6.07) is 13.9. The molecule has 0 saturated carbocycles. The smallest absolute Gasteiger partial charge is 0.264 e. The van der Waals surface area contributed by atoms with Gasteiger partial charge < -0.3 is 10.1 Å². The number of hydrogen-bond donors (Lipinski definition) is 2. The van der Waals surface area contributed by atoms with Crippen LogP contribution in [0.5, 0.6) is 5.75 Å². The highest BCUT2D eigenvalue weighted by atomic mass is 32.2. The molecule has 31 heavy (non-hydrogen) atoms. The first-order valence-corrected chi connectivity index (χ1v) is 12.2. The highest BCUT2D eigenvalue weighted by Crippen LogP contribution is 2.22. The number of benzene rings is 2. The second-order valence-corrected chi connectivity index (χ2v) is 9.62. The summed E-state index contributed by atoms with van der Waals surface area (Å²) in [4.78, 5) is 12.3. The van der Waals surface area contributed by atoms with Gasteiger partial charge in [-0.05, 0) is 73.4 Å². The molecule has 7 nitrogen and oxygen atoms in total. The lowest BCUT2D eigenvalue weighted by Gasteiger charge is -2.25. The Morgan fingerprint density at radius 2 is 1.68 bits per heavy atom. The number of anilines is 1. The minimum absolute atomic E-state index is 0.113. The van der Waals surface area contributed by atoms with Crippen molar-refractivity contribution in [1.29, 1.82) is 0 Å². The summed E-state index contributed by atoms with van der Waals surface area (Å²) in [5.41, 5.74) is 1.77. The van der Waals surface area contributed by atoms with Gasteiger partial charge in [0.1, 0.15) is 5.75 Å². The molecule has 1 amide bonds. The van der Waals surface area contributed by atoms with E-state index in [9.17, 15) is 13.2 Å². The van der Waals surface area contributed by atoms with Crippen molar-refractivity contribution >= 4 is 38.9 Å². The van der Waals surface area contributed by atoms with E-state index in [0.717, 1.165) is 25.7 Å². The Bertz CT molecular complexity index is 1000. The van der Waals surface area contributed by atoms with Crippen molar-refractivity contribution in [3.05, 3.63) is 54.1 Å². The van der Waals surface area contributed by atoms with Gasteiger partial charge in [-0.2, -0.15) is 4.31 Å². The van der Waals surface area contributed by atoms with Crippen LogP contribution in [0.15, 0.2) is 53.4 Å². The van der Waals surface area contributed by atoms with Crippen molar-refractivity contribution < 1.29 is 17.9 Å². The van der Waals surface area contributed by atoms with Crippen molar-refractivity contribution in [1.82, 2.24) is 9.62 Å². The summed E-state index contributed by atoms with van der Waals surface area (Å²) >= 11 is 5.16. The van der Waals surface area contributed by atoms with E-state index in [4.69, 9.17) is 17.0 Å². The monoisotopic (exact) mass is 461 g/mol. The molecular formula is C22H27N3O4S2. The van der Waals surface area contributed by atoms with Crippen LogP contribution < -0.4 is 15.4 Å². The average molecular weight is 462 g/mol. The lowest BCUT2D eigenvalue weighted by atomic mass is 10.2. The van der Waals surface area contributed by atoms with E-state index in [-0.39, 0.29) is 22.5 Å². The molecule has 3 rings (SSSR count). The maximum atomic E-state index is 12.7. The molecule has 1 aliphatic heterocycles. The molecule has 1 aliphatic rings. The molecule has 1 saturated heterocycles. The lowest BCUT2D eigenvalue weighted by molar-refractivity contribution is -0.121. The average Bonchev–Trinajstić information content (AvgIpc) is 2.79. The minimum Gasteiger partial charge on any atom is -0.484 e. The zero-order valence-corrected chi connectivity index (χ0v) is 19.1. The standard InChI is InChI=1S/C22H27N3O4S2/c1-2-17-6-10-19(11-7-17)29-16-21(26)24-22(30)23-18-8-12-20(13-9-18)31(27,28)25-14-4-3-5-15-25/h6-13H,2-5,14-16H2,1H3,(H2,23,24,26,30). The number of carbonyl (C=O) groups is 1. The van der Waals surface area contributed by atoms with E-state index < -0.39 is 10.0 Å². The number of nitrogens with one attached hydrogen (secondary N) is 2. The number of nitrogens with zero attached hydrogens (tertiary/aromatic N) is 1. The van der Waals surface area contributed by atoms with Gasteiger partial charge in [-0.3, -0.25) is 10.1 Å². The van der Waals surface area contributed by atoms with Crippen molar-refractivity contribution in [3.63, 3.8) is 0 Å². The molecule has 0 radical (unpaired) electrons. The van der Waals surface area contributed by atoms with Crippen molar-refractivity contribution in [2.24, 2.45) is 0 Å². The van der Waals surface area contributed by atoms with Crippen molar-refractivity contribution in [3.8, 4) is 5.75 Å². The molecule has 1 heterocycles. The molecule has 166 valence electrons. The topological polar surface area (TPSA) is 87.7 Å². The number of ether oxygens (including phenoxy) is 1. The van der Waals surface area contributed by atoms with E-state index in [2.05, 4.69) is 17.6 Å². The van der Waals surface area contributed by atoms with E-state index in [0.29, 0.717) is 24.5 Å². The molecule has 0 aromatic heterocycles. The third kappa shape index (κ3) is 6.49. The molecule has 0 unspecified atom stereocenters. The van der Waals surface area contributed by atoms with Gasteiger partial charge in [0.25, 0.3) is 5.91 Å². The molecule has 0 bridgehead atoms. The van der Waals surface area contributed by atoms with Crippen LogP contribution >= 0.6 is 12.2 Å². The Balaban J connectivity index is 1.49. The molecule has 2 aromatic rings. The van der Waals surface area contributed by atoms with Crippen LogP contribution in [0, 0.1) is 0 Å². The van der Waals surface area contributed by atoms with Gasteiger partial charge >= 0.3 is 0 Å². The van der Waals surface area contributed by atoms with Gasteiger partial charge in [0, 0.05) is 18.8 Å². The summed E-state index contributed by atoms with van der Waals surface area (Å²) in [5, 5.41) is 5.54. The van der Waals surface area contributed by atoms with Gasteiger partial charge in [-0.1, -0.05) is 25.5 Å². The van der Waals surface area contributed by atoms with E-state index in [1.165, 1.54) is 9.87 Å². The number of carbonyl (C=O) groups excluding carboxylic acids is 1. The largest absolute Gasteiger partial charge is 0.484 e. The second kappa shape index (κ2) is 10.7. The molecule has 0 spiro atoms. The summed E-state index contributed by atoms with van der Waals surface area (Å²) in [7, 11) is -3.48. The first-order chi connectivity index (χ1) is 14.9. The van der Waals surface area contributed by atoms with E-state index in [1.54, 1.807) is 24.3 Å². The number of amides is 1.